The van der Waals surface area contributed by atoms with E-state index in [1.54, 1.807) is 46.1 Å². The van der Waals surface area contributed by atoms with Crippen molar-refractivity contribution in [3.8, 4) is 11.8 Å². The van der Waals surface area contributed by atoms with Crippen LogP contribution >= 0.6 is 0 Å². The van der Waals surface area contributed by atoms with Crippen molar-refractivity contribution in [2.75, 3.05) is 12.4 Å². The number of nitriles is 1. The van der Waals surface area contributed by atoms with E-state index in [0.717, 1.165) is 15.9 Å². The smallest absolute Gasteiger partial charge is 0.329 e. The molecule has 4 rings (SSSR count). The minimum atomic E-state index is -0.789. The van der Waals surface area contributed by atoms with Gasteiger partial charge in [0.2, 0.25) is 5.78 Å². The zero-order chi connectivity index (χ0) is 29.0. The van der Waals surface area contributed by atoms with Crippen LogP contribution in [0.3, 0.4) is 0 Å². The van der Waals surface area contributed by atoms with Gasteiger partial charge in [-0.05, 0) is 78.1 Å². The highest BCUT2D eigenvalue weighted by Gasteiger charge is 2.25. The lowest BCUT2D eigenvalue weighted by Crippen LogP contribution is -2.38. The number of hydrogen-bond donors (Lipinski definition) is 2. The molecule has 0 saturated heterocycles. The molecule has 0 radical (unpaired) electrons. The minimum absolute atomic E-state index is 0.0877. The largest absolute Gasteiger partial charge is 0.497 e. The van der Waals surface area contributed by atoms with Gasteiger partial charge in [-0.2, -0.15) is 5.26 Å². The number of carbonyl (C=O) groups excluding carboxylic acids is 1. The van der Waals surface area contributed by atoms with Crippen molar-refractivity contribution in [3.05, 3.63) is 126 Å². The molecule has 9 heteroatoms. The number of aryl methyl sites for hydroxylation is 1. The van der Waals surface area contributed by atoms with Crippen molar-refractivity contribution < 1.29 is 13.9 Å². The van der Waals surface area contributed by atoms with Gasteiger partial charge in [0.05, 0.1) is 25.3 Å². The fourth-order valence-corrected chi connectivity index (χ4v) is 4.61. The van der Waals surface area contributed by atoms with Crippen molar-refractivity contribution in [3.63, 3.8) is 0 Å². The number of aromatic nitrogens is 2. The van der Waals surface area contributed by atoms with Crippen molar-refractivity contribution in [2.24, 2.45) is 0 Å². The number of benzene rings is 3. The fraction of sp³-hybridized carbons (Fsp3) is 0.226. The first kappa shape index (κ1) is 28.0. The molecule has 0 spiro atoms. The van der Waals surface area contributed by atoms with E-state index in [-0.39, 0.29) is 28.9 Å². The molecule has 0 aliphatic carbocycles. The summed E-state index contributed by atoms with van der Waals surface area (Å²) in [6.07, 6.45) is 0. The summed E-state index contributed by atoms with van der Waals surface area (Å²) < 4.78 is 21.0. The van der Waals surface area contributed by atoms with E-state index < -0.39 is 28.8 Å². The predicted molar refractivity (Wildman–Crippen MR) is 151 cm³/mol. The number of halogens is 1. The monoisotopic (exact) mass is 540 g/mol. The maximum Gasteiger partial charge on any atom is 0.329 e. The summed E-state index contributed by atoms with van der Waals surface area (Å²) in [6, 6.07) is 18.4. The second-order valence-corrected chi connectivity index (χ2v) is 9.84. The van der Waals surface area contributed by atoms with Crippen LogP contribution in [-0.2, 0) is 13.1 Å². The Balaban J connectivity index is 1.75. The number of hydrogen-bond acceptors (Lipinski definition) is 6. The molecule has 0 atom stereocenters. The molecule has 3 aromatic carbocycles. The molecule has 4 aromatic rings. The summed E-state index contributed by atoms with van der Waals surface area (Å²) >= 11 is 0. The third kappa shape index (κ3) is 6.18. The fourth-order valence-electron chi connectivity index (χ4n) is 4.61. The van der Waals surface area contributed by atoms with Gasteiger partial charge in [-0.1, -0.05) is 26.0 Å². The maximum atomic E-state index is 14.7. The van der Waals surface area contributed by atoms with Gasteiger partial charge in [-0.15, -0.1) is 0 Å². The van der Waals surface area contributed by atoms with E-state index in [0.29, 0.717) is 23.4 Å². The van der Waals surface area contributed by atoms with Crippen LogP contribution in [0.2, 0.25) is 0 Å². The molecule has 0 unspecified atom stereocenters. The lowest BCUT2D eigenvalue weighted by atomic mass is 9.95. The molecule has 0 fully saturated rings. The summed E-state index contributed by atoms with van der Waals surface area (Å²) in [7, 11) is 1.59. The molecule has 0 aliphatic heterocycles. The van der Waals surface area contributed by atoms with Crippen LogP contribution in [0.1, 0.15) is 63.6 Å². The van der Waals surface area contributed by atoms with Crippen LogP contribution in [0.25, 0.3) is 0 Å². The van der Waals surface area contributed by atoms with Gasteiger partial charge in [-0.25, -0.2) is 9.18 Å². The molecule has 40 heavy (non-hydrogen) atoms. The maximum absolute atomic E-state index is 14.7. The van der Waals surface area contributed by atoms with Crippen LogP contribution < -0.4 is 21.3 Å². The topological polar surface area (TPSA) is 117 Å². The normalized spacial score (nSPS) is 10.8. The molecule has 0 aliphatic rings. The number of carbonyl (C=O) groups is 1. The zero-order valence-electron chi connectivity index (χ0n) is 22.7. The summed E-state index contributed by atoms with van der Waals surface area (Å²) in [5.74, 6) is -0.768. The highest BCUT2D eigenvalue weighted by atomic mass is 19.1. The highest BCUT2D eigenvalue weighted by Crippen LogP contribution is 2.22. The molecule has 204 valence electrons. The van der Waals surface area contributed by atoms with Gasteiger partial charge in [0.1, 0.15) is 17.3 Å². The lowest BCUT2D eigenvalue weighted by molar-refractivity contribution is 0.102. The van der Waals surface area contributed by atoms with E-state index in [4.69, 9.17) is 4.74 Å². The Morgan fingerprint density at radius 3 is 2.45 bits per heavy atom. The van der Waals surface area contributed by atoms with Crippen molar-refractivity contribution >= 4 is 11.5 Å². The summed E-state index contributed by atoms with van der Waals surface area (Å²) in [4.78, 5) is 42.1. The first-order chi connectivity index (χ1) is 19.1. The Morgan fingerprint density at radius 2 is 1.80 bits per heavy atom. The number of methoxy groups -OCH3 is 1. The van der Waals surface area contributed by atoms with Crippen LogP contribution in [0.4, 0.5) is 10.1 Å². The van der Waals surface area contributed by atoms with Gasteiger partial charge in [0, 0.05) is 23.4 Å². The number of anilines is 1. The molecule has 0 amide bonds. The lowest BCUT2D eigenvalue weighted by Gasteiger charge is -2.18. The van der Waals surface area contributed by atoms with E-state index in [1.165, 1.54) is 18.2 Å². The second kappa shape index (κ2) is 11.8. The van der Waals surface area contributed by atoms with Crippen LogP contribution in [0.5, 0.6) is 5.75 Å². The number of nitrogens with zero attached hydrogens (tertiary/aromatic N) is 2. The first-order valence-corrected chi connectivity index (χ1v) is 12.7. The van der Waals surface area contributed by atoms with Crippen molar-refractivity contribution in [2.45, 2.75) is 39.8 Å². The van der Waals surface area contributed by atoms with Crippen LogP contribution in [0.15, 0.2) is 70.3 Å². The molecule has 2 N–H and O–H groups in total. The number of rotatable bonds is 9. The summed E-state index contributed by atoms with van der Waals surface area (Å²) in [5, 5.41) is 12.6. The van der Waals surface area contributed by atoms with Crippen LogP contribution in [0, 0.1) is 24.1 Å². The van der Waals surface area contributed by atoms with E-state index in [2.05, 4.69) is 10.3 Å². The predicted octanol–water partition coefficient (Wildman–Crippen LogP) is 4.88. The highest BCUT2D eigenvalue weighted by molar-refractivity contribution is 6.09. The molecule has 1 heterocycles. The molecule has 0 bridgehead atoms. The second-order valence-electron chi connectivity index (χ2n) is 9.84. The quantitative estimate of drug-likeness (QED) is 0.292. The Morgan fingerprint density at radius 1 is 1.07 bits per heavy atom. The SMILES string of the molecule is COc1ccc(CNc2cc(F)cc(Cn3c(C(=O)c4cc(C)cc(C#N)c4)c(C(C)C)c(=O)[nH]c3=O)c2)cc1. The van der Waals surface area contributed by atoms with Gasteiger partial charge >= 0.3 is 5.69 Å². The molecular formula is C31H29FN4O4. The van der Waals surface area contributed by atoms with Crippen LogP contribution in [-0.4, -0.2) is 22.4 Å². The number of ketones is 1. The number of nitrogens with one attached hydrogen (secondary N) is 2. The average molecular weight is 541 g/mol. The van der Waals surface area contributed by atoms with Gasteiger partial charge in [0.15, 0.2) is 0 Å². The molecular weight excluding hydrogens is 511 g/mol. The average Bonchev–Trinajstić information content (AvgIpc) is 2.92. The minimum Gasteiger partial charge on any atom is -0.497 e. The third-order valence-corrected chi connectivity index (χ3v) is 6.45. The first-order valence-electron chi connectivity index (χ1n) is 12.7. The standard InChI is InChI=1S/C31H29FN4O4/c1-18(2)27-28(29(37)23-10-19(3)9-21(11-23)15-33)36(31(39)35-30(27)38)17-22-12-24(32)14-25(13-22)34-16-20-5-7-26(40-4)8-6-20/h5-14,18,34H,16-17H2,1-4H3,(H,35,38,39). The molecule has 8 nitrogen and oxygen atoms in total. The Kier molecular flexibility index (Phi) is 8.29. The van der Waals surface area contributed by atoms with E-state index in [9.17, 15) is 24.0 Å². The van der Waals surface area contributed by atoms with Gasteiger partial charge in [-0.3, -0.25) is 19.1 Å². The molecule has 0 saturated carbocycles. The number of H-pyrrole nitrogens is 1. The van der Waals surface area contributed by atoms with Crippen molar-refractivity contribution in [1.29, 1.82) is 5.26 Å². The summed E-state index contributed by atoms with van der Waals surface area (Å²) in [5.41, 5.74) is 1.60. The number of aromatic amines is 1. The van der Waals surface area contributed by atoms with Gasteiger partial charge < -0.3 is 10.1 Å². The van der Waals surface area contributed by atoms with Gasteiger partial charge in [0.25, 0.3) is 5.56 Å². The van der Waals surface area contributed by atoms with Crippen molar-refractivity contribution in [1.82, 2.24) is 9.55 Å². The summed E-state index contributed by atoms with van der Waals surface area (Å²) in [6.45, 7) is 5.50. The Labute approximate surface area is 230 Å². The zero-order valence-corrected chi connectivity index (χ0v) is 22.7. The molecule has 1 aromatic heterocycles. The van der Waals surface area contributed by atoms with E-state index in [1.807, 2.05) is 30.3 Å². The van der Waals surface area contributed by atoms with E-state index >= 15 is 0 Å². The number of ether oxygens (including phenoxy) is 1. The Hall–Kier alpha value is -4.97. The Bertz CT molecular complexity index is 1730. The third-order valence-electron chi connectivity index (χ3n) is 6.45.